The SMILES string of the molecule is COc1ccc(/C=C/C(=O)NCCOc2cccc(C)c2C)cc1OC. The van der Waals surface area contributed by atoms with E-state index in [2.05, 4.69) is 5.32 Å². The molecule has 0 fully saturated rings. The summed E-state index contributed by atoms with van der Waals surface area (Å²) in [5, 5.41) is 2.80. The summed E-state index contributed by atoms with van der Waals surface area (Å²) in [6, 6.07) is 11.4. The average molecular weight is 355 g/mol. The van der Waals surface area contributed by atoms with Crippen LogP contribution in [0.3, 0.4) is 0 Å². The van der Waals surface area contributed by atoms with E-state index in [-0.39, 0.29) is 5.91 Å². The molecule has 5 nitrogen and oxygen atoms in total. The zero-order valence-electron chi connectivity index (χ0n) is 15.7. The quantitative estimate of drug-likeness (QED) is 0.581. The van der Waals surface area contributed by atoms with Crippen molar-refractivity contribution in [1.29, 1.82) is 0 Å². The molecule has 0 saturated carbocycles. The molecule has 2 rings (SSSR count). The van der Waals surface area contributed by atoms with E-state index in [0.717, 1.165) is 16.9 Å². The number of methoxy groups -OCH3 is 2. The van der Waals surface area contributed by atoms with Gasteiger partial charge in [-0.2, -0.15) is 0 Å². The number of nitrogens with one attached hydrogen (secondary N) is 1. The molecule has 0 atom stereocenters. The van der Waals surface area contributed by atoms with Gasteiger partial charge < -0.3 is 19.5 Å². The molecule has 0 aliphatic carbocycles. The van der Waals surface area contributed by atoms with Crippen molar-refractivity contribution in [3.63, 3.8) is 0 Å². The van der Waals surface area contributed by atoms with Crippen LogP contribution in [-0.4, -0.2) is 33.3 Å². The second-order valence-corrected chi connectivity index (χ2v) is 5.79. The van der Waals surface area contributed by atoms with Gasteiger partial charge in [0, 0.05) is 6.08 Å². The Morgan fingerprint density at radius 1 is 1.04 bits per heavy atom. The first kappa shape index (κ1) is 19.4. The van der Waals surface area contributed by atoms with Gasteiger partial charge in [0.15, 0.2) is 11.5 Å². The Labute approximate surface area is 154 Å². The molecule has 5 heteroatoms. The lowest BCUT2D eigenvalue weighted by Crippen LogP contribution is -2.26. The van der Waals surface area contributed by atoms with Gasteiger partial charge >= 0.3 is 0 Å². The third-order valence-electron chi connectivity index (χ3n) is 4.05. The second-order valence-electron chi connectivity index (χ2n) is 5.79. The van der Waals surface area contributed by atoms with E-state index in [9.17, 15) is 4.79 Å². The molecule has 1 N–H and O–H groups in total. The van der Waals surface area contributed by atoms with Crippen molar-refractivity contribution < 1.29 is 19.0 Å². The molecule has 0 heterocycles. The van der Waals surface area contributed by atoms with Gasteiger partial charge in [-0.3, -0.25) is 4.79 Å². The maximum Gasteiger partial charge on any atom is 0.244 e. The molecule has 138 valence electrons. The molecular formula is C21H25NO4. The van der Waals surface area contributed by atoms with Gasteiger partial charge in [0.25, 0.3) is 0 Å². The number of amides is 1. The number of carbonyl (C=O) groups is 1. The number of hydrogen-bond acceptors (Lipinski definition) is 4. The third-order valence-corrected chi connectivity index (χ3v) is 4.05. The van der Waals surface area contributed by atoms with Gasteiger partial charge in [0.05, 0.1) is 20.8 Å². The first-order valence-corrected chi connectivity index (χ1v) is 8.42. The summed E-state index contributed by atoms with van der Waals surface area (Å²) in [7, 11) is 3.16. The fourth-order valence-corrected chi connectivity index (χ4v) is 2.40. The van der Waals surface area contributed by atoms with Crippen molar-refractivity contribution in [3.8, 4) is 17.2 Å². The molecule has 26 heavy (non-hydrogen) atoms. The Balaban J connectivity index is 1.81. The van der Waals surface area contributed by atoms with Crippen molar-refractivity contribution in [2.24, 2.45) is 0 Å². The van der Waals surface area contributed by atoms with Crippen LogP contribution in [0.25, 0.3) is 6.08 Å². The Hall–Kier alpha value is -2.95. The van der Waals surface area contributed by atoms with Gasteiger partial charge in [-0.15, -0.1) is 0 Å². The fourth-order valence-electron chi connectivity index (χ4n) is 2.40. The molecule has 0 spiro atoms. The van der Waals surface area contributed by atoms with E-state index in [1.54, 1.807) is 26.4 Å². The minimum Gasteiger partial charge on any atom is -0.493 e. The number of ether oxygens (including phenoxy) is 3. The van der Waals surface area contributed by atoms with Crippen LogP contribution in [0, 0.1) is 13.8 Å². The van der Waals surface area contributed by atoms with E-state index in [1.807, 2.05) is 44.2 Å². The van der Waals surface area contributed by atoms with Crippen molar-refractivity contribution in [1.82, 2.24) is 5.32 Å². The molecule has 0 aromatic heterocycles. The maximum atomic E-state index is 11.9. The van der Waals surface area contributed by atoms with Crippen molar-refractivity contribution in [2.45, 2.75) is 13.8 Å². The van der Waals surface area contributed by atoms with Gasteiger partial charge in [0.1, 0.15) is 12.4 Å². The zero-order chi connectivity index (χ0) is 18.9. The Morgan fingerprint density at radius 2 is 1.81 bits per heavy atom. The summed E-state index contributed by atoms with van der Waals surface area (Å²) >= 11 is 0. The largest absolute Gasteiger partial charge is 0.493 e. The van der Waals surface area contributed by atoms with Crippen LogP contribution in [0.1, 0.15) is 16.7 Å². The van der Waals surface area contributed by atoms with Crippen LogP contribution in [-0.2, 0) is 4.79 Å². The first-order valence-electron chi connectivity index (χ1n) is 8.42. The monoisotopic (exact) mass is 355 g/mol. The molecule has 2 aromatic rings. The van der Waals surface area contributed by atoms with E-state index in [1.165, 1.54) is 11.6 Å². The normalized spacial score (nSPS) is 10.6. The molecule has 2 aromatic carbocycles. The topological polar surface area (TPSA) is 56.8 Å². The van der Waals surface area contributed by atoms with E-state index < -0.39 is 0 Å². The smallest absolute Gasteiger partial charge is 0.244 e. The van der Waals surface area contributed by atoms with E-state index in [4.69, 9.17) is 14.2 Å². The van der Waals surface area contributed by atoms with Gasteiger partial charge in [-0.25, -0.2) is 0 Å². The molecule has 0 saturated heterocycles. The van der Waals surface area contributed by atoms with Crippen LogP contribution in [0.5, 0.6) is 17.2 Å². The predicted molar refractivity (Wildman–Crippen MR) is 103 cm³/mol. The zero-order valence-corrected chi connectivity index (χ0v) is 15.7. The standard InChI is InChI=1S/C21H25NO4/c1-15-6-5-7-18(16(15)2)26-13-12-22-21(23)11-9-17-8-10-19(24-3)20(14-17)25-4/h5-11,14H,12-13H2,1-4H3,(H,22,23)/b11-9+. The second kappa shape index (κ2) is 9.51. The Bertz CT molecular complexity index is 784. The lowest BCUT2D eigenvalue weighted by molar-refractivity contribution is -0.116. The molecule has 0 radical (unpaired) electrons. The van der Waals surface area contributed by atoms with Gasteiger partial charge in [0.2, 0.25) is 5.91 Å². The van der Waals surface area contributed by atoms with E-state index >= 15 is 0 Å². The fraction of sp³-hybridized carbons (Fsp3) is 0.286. The lowest BCUT2D eigenvalue weighted by atomic mass is 10.1. The van der Waals surface area contributed by atoms with Gasteiger partial charge in [-0.05, 0) is 54.8 Å². The summed E-state index contributed by atoms with van der Waals surface area (Å²) in [6.07, 6.45) is 3.21. The minimum atomic E-state index is -0.177. The highest BCUT2D eigenvalue weighted by molar-refractivity contribution is 5.91. The Morgan fingerprint density at radius 3 is 2.54 bits per heavy atom. The van der Waals surface area contributed by atoms with Gasteiger partial charge in [-0.1, -0.05) is 18.2 Å². The minimum absolute atomic E-state index is 0.177. The summed E-state index contributed by atoms with van der Waals surface area (Å²) in [6.45, 7) is 4.92. The first-order chi connectivity index (χ1) is 12.5. The number of rotatable bonds is 8. The number of benzene rings is 2. The predicted octanol–water partition coefficient (Wildman–Crippen LogP) is 3.53. The molecule has 0 bridgehead atoms. The summed E-state index contributed by atoms with van der Waals surface area (Å²) in [4.78, 5) is 11.9. The molecule has 0 aliphatic heterocycles. The maximum absolute atomic E-state index is 11.9. The highest BCUT2D eigenvalue weighted by atomic mass is 16.5. The average Bonchev–Trinajstić information content (AvgIpc) is 2.66. The highest BCUT2D eigenvalue weighted by Crippen LogP contribution is 2.27. The summed E-state index contributed by atoms with van der Waals surface area (Å²) < 4.78 is 16.2. The van der Waals surface area contributed by atoms with Crippen molar-refractivity contribution >= 4 is 12.0 Å². The molecular weight excluding hydrogens is 330 g/mol. The van der Waals surface area contributed by atoms with Crippen LogP contribution in [0.2, 0.25) is 0 Å². The number of aryl methyl sites for hydroxylation is 1. The molecule has 1 amide bonds. The van der Waals surface area contributed by atoms with Crippen molar-refractivity contribution in [2.75, 3.05) is 27.4 Å². The highest BCUT2D eigenvalue weighted by Gasteiger charge is 2.04. The van der Waals surface area contributed by atoms with Crippen LogP contribution < -0.4 is 19.5 Å². The molecule has 0 unspecified atom stereocenters. The van der Waals surface area contributed by atoms with Crippen LogP contribution in [0.4, 0.5) is 0 Å². The van der Waals surface area contributed by atoms with Crippen molar-refractivity contribution in [3.05, 3.63) is 59.2 Å². The third kappa shape index (κ3) is 5.28. The van der Waals surface area contributed by atoms with E-state index in [0.29, 0.717) is 24.7 Å². The summed E-state index contributed by atoms with van der Waals surface area (Å²) in [5.74, 6) is 1.94. The number of hydrogen-bond donors (Lipinski definition) is 1. The summed E-state index contributed by atoms with van der Waals surface area (Å²) in [5.41, 5.74) is 3.15. The number of carbonyl (C=O) groups excluding carboxylic acids is 1. The lowest BCUT2D eigenvalue weighted by Gasteiger charge is -2.11. The Kier molecular flexibility index (Phi) is 7.09. The molecule has 0 aliphatic rings. The van der Waals surface area contributed by atoms with Crippen LogP contribution in [0.15, 0.2) is 42.5 Å². The van der Waals surface area contributed by atoms with Crippen LogP contribution >= 0.6 is 0 Å².